The fourth-order valence-corrected chi connectivity index (χ4v) is 2.70. The van der Waals surface area contributed by atoms with E-state index in [-0.39, 0.29) is 59.2 Å². The number of hydrogen-bond acceptors (Lipinski definition) is 5. The first kappa shape index (κ1) is 26.1. The number of aromatic nitrogens is 3. The van der Waals surface area contributed by atoms with Gasteiger partial charge in [0.2, 0.25) is 0 Å². The number of fused-ring (bicyclic) bond motifs is 1. The lowest BCUT2D eigenvalue weighted by Gasteiger charge is -2.16. The summed E-state index contributed by atoms with van der Waals surface area (Å²) in [6.07, 6.45) is 0.639. The minimum absolute atomic E-state index is 0. The second-order valence-corrected chi connectivity index (χ2v) is 7.11. The van der Waals surface area contributed by atoms with Crippen LogP contribution in [0.1, 0.15) is 56.1 Å². The molecule has 8 nitrogen and oxygen atoms in total. The second kappa shape index (κ2) is 11.2. The Kier molecular flexibility index (Phi) is 10.4. The maximum Gasteiger partial charge on any atom is 0.330 e. The Bertz CT molecular complexity index is 922. The molecule has 0 saturated heterocycles. The molecule has 2 aromatic rings. The van der Waals surface area contributed by atoms with E-state index in [0.717, 1.165) is 0 Å². The number of H-pyrrole nitrogens is 1. The molecule has 4 N–H and O–H groups in total. The predicted molar refractivity (Wildman–Crippen MR) is 116 cm³/mol. The maximum atomic E-state index is 12.7. The molecule has 0 spiro atoms. The van der Waals surface area contributed by atoms with Gasteiger partial charge in [-0.2, -0.15) is 0 Å². The first-order valence-corrected chi connectivity index (χ1v) is 8.92. The van der Waals surface area contributed by atoms with Gasteiger partial charge in [-0.25, -0.2) is 9.78 Å². The molecule has 1 amide bonds. The summed E-state index contributed by atoms with van der Waals surface area (Å²) in [6.45, 7) is 9.11. The summed E-state index contributed by atoms with van der Waals surface area (Å²) in [5.41, 5.74) is 5.49. The summed E-state index contributed by atoms with van der Waals surface area (Å²) in [6, 6.07) is 1.63. The number of carbonyl (C=O) groups excluding carboxylic acids is 1. The maximum absolute atomic E-state index is 12.7. The van der Waals surface area contributed by atoms with Crippen molar-refractivity contribution in [3.63, 3.8) is 0 Å². The van der Waals surface area contributed by atoms with Crippen LogP contribution in [-0.4, -0.2) is 33.5 Å². The highest BCUT2D eigenvalue weighted by Gasteiger charge is 2.20. The summed E-state index contributed by atoms with van der Waals surface area (Å²) < 4.78 is 1.43. The molecule has 2 rings (SSSR count). The highest BCUT2D eigenvalue weighted by molar-refractivity contribution is 6.05. The molecule has 0 radical (unpaired) electrons. The first-order valence-electron chi connectivity index (χ1n) is 8.92. The van der Waals surface area contributed by atoms with Crippen LogP contribution >= 0.6 is 24.8 Å². The van der Waals surface area contributed by atoms with Crippen molar-refractivity contribution in [2.24, 2.45) is 11.7 Å². The van der Waals surface area contributed by atoms with Crippen molar-refractivity contribution < 1.29 is 4.79 Å². The normalized spacial score (nSPS) is 10.7. The monoisotopic (exact) mass is 433 g/mol. The van der Waals surface area contributed by atoms with Gasteiger partial charge in [-0.15, -0.1) is 24.8 Å². The number of hydrogen-bond donors (Lipinski definition) is 3. The number of halogens is 2. The fraction of sp³-hybridized carbons (Fsp3) is 0.556. The molecule has 0 saturated carbocycles. The zero-order valence-corrected chi connectivity index (χ0v) is 18.2. The van der Waals surface area contributed by atoms with Gasteiger partial charge in [0.25, 0.3) is 11.5 Å². The van der Waals surface area contributed by atoms with Crippen LogP contribution in [0.4, 0.5) is 0 Å². The lowest BCUT2D eigenvalue weighted by molar-refractivity contribution is 0.0955. The van der Waals surface area contributed by atoms with Crippen LogP contribution in [0.2, 0.25) is 0 Å². The van der Waals surface area contributed by atoms with Gasteiger partial charge in [-0.1, -0.05) is 27.7 Å². The van der Waals surface area contributed by atoms with Crippen LogP contribution in [0.5, 0.6) is 0 Å². The molecule has 0 bridgehead atoms. The van der Waals surface area contributed by atoms with E-state index in [4.69, 9.17) is 5.73 Å². The SMILES string of the molecule is CC(C)Cn1c(=O)[nH]c(=O)c2c(C(=O)NCCCN)cc(C(C)C)nc21.Cl.Cl. The molecular weight excluding hydrogens is 405 g/mol. The van der Waals surface area contributed by atoms with Crippen LogP contribution in [-0.2, 0) is 6.54 Å². The number of nitrogens with one attached hydrogen (secondary N) is 2. The Morgan fingerprint density at radius 3 is 2.43 bits per heavy atom. The Balaban J connectivity index is 0.00000364. The van der Waals surface area contributed by atoms with Crippen molar-refractivity contribution >= 4 is 41.8 Å². The highest BCUT2D eigenvalue weighted by Crippen LogP contribution is 2.20. The first-order chi connectivity index (χ1) is 12.3. The fourth-order valence-electron chi connectivity index (χ4n) is 2.70. The lowest BCUT2D eigenvalue weighted by atomic mass is 10.0. The van der Waals surface area contributed by atoms with E-state index >= 15 is 0 Å². The predicted octanol–water partition coefficient (Wildman–Crippen LogP) is 1.79. The van der Waals surface area contributed by atoms with Gasteiger partial charge >= 0.3 is 5.69 Å². The molecule has 0 unspecified atom stereocenters. The molecule has 0 atom stereocenters. The summed E-state index contributed by atoms with van der Waals surface area (Å²) in [7, 11) is 0. The van der Waals surface area contributed by atoms with Crippen molar-refractivity contribution in [1.29, 1.82) is 0 Å². The van der Waals surface area contributed by atoms with E-state index in [0.29, 0.717) is 31.7 Å². The van der Waals surface area contributed by atoms with Gasteiger partial charge in [-0.05, 0) is 30.9 Å². The van der Waals surface area contributed by atoms with Gasteiger partial charge in [-0.3, -0.25) is 19.1 Å². The minimum atomic E-state index is -0.600. The smallest absolute Gasteiger partial charge is 0.330 e. The molecule has 0 fully saturated rings. The second-order valence-electron chi connectivity index (χ2n) is 7.11. The van der Waals surface area contributed by atoms with Gasteiger partial charge in [0.1, 0.15) is 0 Å². The van der Waals surface area contributed by atoms with Gasteiger partial charge < -0.3 is 11.1 Å². The summed E-state index contributed by atoms with van der Waals surface area (Å²) in [5, 5.41) is 2.91. The van der Waals surface area contributed by atoms with E-state index in [1.54, 1.807) is 6.07 Å². The number of nitrogens with two attached hydrogens (primary N) is 1. The third kappa shape index (κ3) is 5.80. The van der Waals surface area contributed by atoms with E-state index in [1.807, 2.05) is 27.7 Å². The van der Waals surface area contributed by atoms with Crippen molar-refractivity contribution in [2.45, 2.75) is 46.6 Å². The molecular formula is C18H29Cl2N5O3. The van der Waals surface area contributed by atoms with Crippen molar-refractivity contribution in [3.05, 3.63) is 38.2 Å². The Labute approximate surface area is 176 Å². The molecule has 2 aromatic heterocycles. The van der Waals surface area contributed by atoms with Gasteiger partial charge in [0.15, 0.2) is 5.65 Å². The zero-order chi connectivity index (χ0) is 19.4. The molecule has 0 aliphatic carbocycles. The van der Waals surface area contributed by atoms with Crippen LogP contribution < -0.4 is 22.3 Å². The molecule has 158 valence electrons. The van der Waals surface area contributed by atoms with Gasteiger partial charge in [0, 0.05) is 18.8 Å². The topological polar surface area (TPSA) is 123 Å². The Hall–Kier alpha value is -1.90. The lowest BCUT2D eigenvalue weighted by Crippen LogP contribution is -2.34. The number of carbonyl (C=O) groups is 1. The number of nitrogens with zero attached hydrogens (tertiary/aromatic N) is 2. The average molecular weight is 434 g/mol. The standard InChI is InChI=1S/C18H27N5O3.2ClH/c1-10(2)9-23-15-14(17(25)22-18(23)26)12(8-13(21-15)11(3)4)16(24)20-7-5-6-19;;/h8,10-11H,5-7,9,19H2,1-4H3,(H,20,24)(H,22,25,26);2*1H. The Morgan fingerprint density at radius 2 is 1.89 bits per heavy atom. The minimum Gasteiger partial charge on any atom is -0.352 e. The number of rotatable bonds is 7. The van der Waals surface area contributed by atoms with E-state index in [1.165, 1.54) is 4.57 Å². The number of aromatic amines is 1. The summed E-state index contributed by atoms with van der Waals surface area (Å²) in [5.74, 6) is -0.155. The molecule has 28 heavy (non-hydrogen) atoms. The molecule has 0 aliphatic rings. The molecule has 2 heterocycles. The van der Waals surface area contributed by atoms with Crippen LogP contribution in [0.15, 0.2) is 15.7 Å². The highest BCUT2D eigenvalue weighted by atomic mass is 35.5. The van der Waals surface area contributed by atoms with E-state index in [9.17, 15) is 14.4 Å². The van der Waals surface area contributed by atoms with Crippen LogP contribution in [0.25, 0.3) is 11.0 Å². The molecule has 10 heteroatoms. The zero-order valence-electron chi connectivity index (χ0n) is 16.6. The van der Waals surface area contributed by atoms with Crippen LogP contribution in [0, 0.1) is 5.92 Å². The van der Waals surface area contributed by atoms with Crippen molar-refractivity contribution in [1.82, 2.24) is 19.9 Å². The quantitative estimate of drug-likeness (QED) is 0.574. The number of pyridine rings is 1. The summed E-state index contributed by atoms with van der Waals surface area (Å²) in [4.78, 5) is 44.3. The van der Waals surface area contributed by atoms with E-state index < -0.39 is 11.2 Å². The van der Waals surface area contributed by atoms with Crippen molar-refractivity contribution in [2.75, 3.05) is 13.1 Å². The number of amides is 1. The molecule has 0 aliphatic heterocycles. The van der Waals surface area contributed by atoms with Gasteiger partial charge in [0.05, 0.1) is 10.9 Å². The summed E-state index contributed by atoms with van der Waals surface area (Å²) >= 11 is 0. The van der Waals surface area contributed by atoms with E-state index in [2.05, 4.69) is 15.3 Å². The van der Waals surface area contributed by atoms with Crippen molar-refractivity contribution in [3.8, 4) is 0 Å². The van der Waals surface area contributed by atoms with Crippen LogP contribution in [0.3, 0.4) is 0 Å². The molecule has 0 aromatic carbocycles. The third-order valence-electron chi connectivity index (χ3n) is 4.02. The Morgan fingerprint density at radius 1 is 1.25 bits per heavy atom. The average Bonchev–Trinajstić information content (AvgIpc) is 2.57. The largest absolute Gasteiger partial charge is 0.352 e. The third-order valence-corrected chi connectivity index (χ3v) is 4.02.